The van der Waals surface area contributed by atoms with Crippen LogP contribution in [0.15, 0.2) is 0 Å². The van der Waals surface area contributed by atoms with E-state index in [1.807, 2.05) is 11.9 Å². The average Bonchev–Trinajstić information content (AvgIpc) is 1.33. The molecule has 0 aliphatic carbocycles. The molecule has 0 amide bonds. The zero-order valence-corrected chi connectivity index (χ0v) is 3.77. The Hall–Kier alpha value is -0.370. The van der Waals surface area contributed by atoms with Crippen molar-refractivity contribution in [3.05, 3.63) is 0 Å². The lowest BCUT2D eigenvalue weighted by Gasteiger charge is -2.23. The molecule has 0 aromatic heterocycles. The van der Waals surface area contributed by atoms with Gasteiger partial charge in [0.2, 0.25) is 0 Å². The van der Waals surface area contributed by atoms with Gasteiger partial charge in [-0.2, -0.15) is 0 Å². The quantitative estimate of drug-likeness (QED) is 0.395. The van der Waals surface area contributed by atoms with Crippen molar-refractivity contribution in [2.24, 2.45) is 0 Å². The van der Waals surface area contributed by atoms with Gasteiger partial charge >= 0.3 is 0 Å². The Morgan fingerprint density at radius 2 is 2.17 bits per heavy atom. The highest BCUT2D eigenvalue weighted by Gasteiger charge is 2.17. The van der Waals surface area contributed by atoms with Crippen LogP contribution in [0.1, 0.15) is 0 Å². The molecule has 0 radical (unpaired) electrons. The molecular formula is C4H7NO. The van der Waals surface area contributed by atoms with E-state index in [0.29, 0.717) is 18.9 Å². The van der Waals surface area contributed by atoms with Gasteiger partial charge in [-0.05, 0) is 7.05 Å². The van der Waals surface area contributed by atoms with E-state index < -0.39 is 0 Å². The van der Waals surface area contributed by atoms with Crippen LogP contribution >= 0.6 is 0 Å². The lowest BCUT2D eigenvalue weighted by molar-refractivity contribution is -0.127. The molecule has 34 valence electrons. The average molecular weight is 85.1 g/mol. The highest BCUT2D eigenvalue weighted by atomic mass is 16.1. The second kappa shape index (κ2) is 1.05. The minimum atomic E-state index is 0.359. The summed E-state index contributed by atoms with van der Waals surface area (Å²) in [5.41, 5.74) is 0. The smallest absolute Gasteiger partial charge is 0.160 e. The van der Waals surface area contributed by atoms with Crippen LogP contribution in [0, 0.1) is 0 Å². The van der Waals surface area contributed by atoms with E-state index in [1.54, 1.807) is 0 Å². The third kappa shape index (κ3) is 0.431. The minimum absolute atomic E-state index is 0.359. The molecule has 0 aromatic rings. The number of rotatable bonds is 0. The molecule has 6 heavy (non-hydrogen) atoms. The van der Waals surface area contributed by atoms with Crippen LogP contribution in [0.5, 0.6) is 0 Å². The van der Waals surface area contributed by atoms with E-state index in [4.69, 9.17) is 0 Å². The molecule has 1 aliphatic rings. The van der Waals surface area contributed by atoms with Crippen LogP contribution in [-0.2, 0) is 4.79 Å². The summed E-state index contributed by atoms with van der Waals surface area (Å²) in [6.07, 6.45) is 0. The number of hydrogen-bond acceptors (Lipinski definition) is 2. The molecule has 0 aromatic carbocycles. The second-order valence-electron chi connectivity index (χ2n) is 1.71. The number of hydrogen-bond donors (Lipinski definition) is 0. The maximum absolute atomic E-state index is 10.1. The fraction of sp³-hybridized carbons (Fsp3) is 0.750. The maximum atomic E-state index is 10.1. The van der Waals surface area contributed by atoms with Gasteiger partial charge in [-0.3, -0.25) is 9.69 Å². The Balaban J connectivity index is 2.28. The van der Waals surface area contributed by atoms with Crippen molar-refractivity contribution in [1.29, 1.82) is 0 Å². The van der Waals surface area contributed by atoms with Gasteiger partial charge in [-0.25, -0.2) is 0 Å². The number of carbonyl (C=O) groups is 1. The second-order valence-corrected chi connectivity index (χ2v) is 1.71. The van der Waals surface area contributed by atoms with Gasteiger partial charge in [0.05, 0.1) is 13.1 Å². The molecule has 0 bridgehead atoms. The highest BCUT2D eigenvalue weighted by molar-refractivity contribution is 5.87. The van der Waals surface area contributed by atoms with Crippen molar-refractivity contribution in [3.8, 4) is 0 Å². The minimum Gasteiger partial charge on any atom is -0.297 e. The van der Waals surface area contributed by atoms with E-state index in [1.165, 1.54) is 0 Å². The zero-order chi connectivity index (χ0) is 4.57. The van der Waals surface area contributed by atoms with E-state index >= 15 is 0 Å². The number of likely N-dealkylation sites (tertiary alicyclic amines) is 1. The molecule has 2 heteroatoms. The van der Waals surface area contributed by atoms with Crippen LogP contribution in [0.3, 0.4) is 0 Å². The van der Waals surface area contributed by atoms with Gasteiger partial charge in [0, 0.05) is 0 Å². The molecule has 0 unspecified atom stereocenters. The predicted octanol–water partition coefficient (Wildman–Crippen LogP) is -0.499. The van der Waals surface area contributed by atoms with Crippen molar-refractivity contribution in [2.45, 2.75) is 0 Å². The molecule has 0 atom stereocenters. The summed E-state index contributed by atoms with van der Waals surface area (Å²) in [6, 6.07) is 0. The summed E-state index contributed by atoms with van der Waals surface area (Å²) in [5.74, 6) is 0.359. The van der Waals surface area contributed by atoms with Gasteiger partial charge < -0.3 is 0 Å². The molecule has 1 rings (SSSR count). The predicted molar refractivity (Wildman–Crippen MR) is 22.5 cm³/mol. The first-order valence-corrected chi connectivity index (χ1v) is 1.99. The van der Waals surface area contributed by atoms with Gasteiger partial charge in [-0.1, -0.05) is 0 Å². The third-order valence-electron chi connectivity index (χ3n) is 0.893. The van der Waals surface area contributed by atoms with Gasteiger partial charge in [0.15, 0.2) is 5.78 Å². The summed E-state index contributed by atoms with van der Waals surface area (Å²) >= 11 is 0. The van der Waals surface area contributed by atoms with Crippen molar-refractivity contribution in [1.82, 2.24) is 4.90 Å². The molecule has 1 saturated heterocycles. The Morgan fingerprint density at radius 3 is 2.17 bits per heavy atom. The molecule has 1 aliphatic heterocycles. The normalized spacial score (nSPS) is 23.8. The van der Waals surface area contributed by atoms with Crippen molar-refractivity contribution >= 4 is 5.78 Å². The molecule has 0 spiro atoms. The largest absolute Gasteiger partial charge is 0.297 e. The lowest BCUT2D eigenvalue weighted by Crippen LogP contribution is -2.43. The summed E-state index contributed by atoms with van der Waals surface area (Å²) in [6.45, 7) is 1.33. The van der Waals surface area contributed by atoms with Crippen LogP contribution in [0.2, 0.25) is 0 Å². The van der Waals surface area contributed by atoms with Crippen molar-refractivity contribution in [2.75, 3.05) is 20.1 Å². The Labute approximate surface area is 36.7 Å². The highest BCUT2D eigenvalue weighted by Crippen LogP contribution is 1.93. The summed E-state index contributed by atoms with van der Waals surface area (Å²) < 4.78 is 0. The topological polar surface area (TPSA) is 20.3 Å². The fourth-order valence-corrected chi connectivity index (χ4v) is 0.556. The SMILES string of the molecule is CN1CC(=O)C1. The van der Waals surface area contributed by atoms with Crippen LogP contribution in [0.25, 0.3) is 0 Å². The fourth-order valence-electron chi connectivity index (χ4n) is 0.556. The van der Waals surface area contributed by atoms with Gasteiger partial charge in [0.25, 0.3) is 0 Å². The molecule has 0 saturated carbocycles. The first kappa shape index (κ1) is 3.81. The zero-order valence-electron chi connectivity index (χ0n) is 3.77. The van der Waals surface area contributed by atoms with Crippen LogP contribution in [-0.4, -0.2) is 30.8 Å². The Bertz CT molecular complexity index is 71.6. The standard InChI is InChI=1S/C4H7NO/c1-5-2-4(6)3-5/h2-3H2,1H3. The monoisotopic (exact) mass is 85.1 g/mol. The molecule has 1 heterocycles. The van der Waals surface area contributed by atoms with Gasteiger partial charge in [-0.15, -0.1) is 0 Å². The number of Topliss-reactive ketones (excluding diaryl/α,β-unsaturated/α-hetero) is 1. The van der Waals surface area contributed by atoms with Crippen LogP contribution < -0.4 is 0 Å². The van der Waals surface area contributed by atoms with E-state index in [2.05, 4.69) is 0 Å². The molecule has 1 fully saturated rings. The van der Waals surface area contributed by atoms with Gasteiger partial charge in [0.1, 0.15) is 0 Å². The lowest BCUT2D eigenvalue weighted by atomic mass is 10.2. The van der Waals surface area contributed by atoms with E-state index in [0.717, 1.165) is 0 Å². The molecule has 0 N–H and O–H groups in total. The van der Waals surface area contributed by atoms with Crippen molar-refractivity contribution < 1.29 is 4.79 Å². The van der Waals surface area contributed by atoms with Crippen LogP contribution in [0.4, 0.5) is 0 Å². The first-order valence-electron chi connectivity index (χ1n) is 1.99. The first-order chi connectivity index (χ1) is 2.79. The number of nitrogens with zero attached hydrogens (tertiary/aromatic N) is 1. The number of carbonyl (C=O) groups excluding carboxylic acids is 1. The molecule has 2 nitrogen and oxygen atoms in total. The number of likely N-dealkylation sites (N-methyl/N-ethyl adjacent to an activating group) is 1. The summed E-state index contributed by atoms with van der Waals surface area (Å²) in [7, 11) is 1.93. The van der Waals surface area contributed by atoms with E-state index in [-0.39, 0.29) is 0 Å². The van der Waals surface area contributed by atoms with E-state index in [9.17, 15) is 4.79 Å². The molecular weight excluding hydrogens is 78.0 g/mol. The Morgan fingerprint density at radius 1 is 1.67 bits per heavy atom. The number of ketones is 1. The third-order valence-corrected chi connectivity index (χ3v) is 0.893. The van der Waals surface area contributed by atoms with Crippen molar-refractivity contribution in [3.63, 3.8) is 0 Å². The Kier molecular flexibility index (Phi) is 0.665. The maximum Gasteiger partial charge on any atom is 0.160 e. The summed E-state index contributed by atoms with van der Waals surface area (Å²) in [4.78, 5) is 12.0. The summed E-state index contributed by atoms with van der Waals surface area (Å²) in [5, 5.41) is 0.